The molecule has 4 heteroatoms. The molecule has 0 radical (unpaired) electrons. The third-order valence-electron chi connectivity index (χ3n) is 5.32. The van der Waals surface area contributed by atoms with Gasteiger partial charge in [-0.3, -0.25) is 0 Å². The van der Waals surface area contributed by atoms with Crippen LogP contribution in [0, 0.1) is 5.92 Å². The first kappa shape index (κ1) is 14.7. The Morgan fingerprint density at radius 1 is 0.857 bits per heavy atom. The van der Waals surface area contributed by atoms with E-state index in [-0.39, 0.29) is 0 Å². The van der Waals surface area contributed by atoms with Crippen molar-refractivity contribution >= 4 is 5.95 Å². The van der Waals surface area contributed by atoms with E-state index >= 15 is 0 Å². The molecule has 3 rings (SSSR count). The number of hydrogen-bond acceptors (Lipinski definition) is 4. The zero-order valence-corrected chi connectivity index (χ0v) is 13.2. The van der Waals surface area contributed by atoms with Gasteiger partial charge in [-0.15, -0.1) is 0 Å². The standard InChI is InChI=1S/C17H28N4/c1-2-5-12-8-10-14(11-9-12)16-19-15(20-17(18)21-16)13-6-3-4-7-13/h12-14H,2-11H2,1H3,(H2,18,19,20,21). The lowest BCUT2D eigenvalue weighted by molar-refractivity contribution is 0.301. The molecule has 0 amide bonds. The fraction of sp³-hybridized carbons (Fsp3) is 0.824. The van der Waals surface area contributed by atoms with Crippen LogP contribution in [0.3, 0.4) is 0 Å². The lowest BCUT2D eigenvalue weighted by atomic mass is 9.80. The highest BCUT2D eigenvalue weighted by atomic mass is 15.1. The van der Waals surface area contributed by atoms with Crippen molar-refractivity contribution in [2.24, 2.45) is 5.92 Å². The van der Waals surface area contributed by atoms with Crippen molar-refractivity contribution < 1.29 is 0 Å². The second kappa shape index (κ2) is 6.71. The molecule has 2 aliphatic rings. The molecule has 0 aliphatic heterocycles. The Morgan fingerprint density at radius 2 is 1.43 bits per heavy atom. The average molecular weight is 288 g/mol. The highest BCUT2D eigenvalue weighted by molar-refractivity contribution is 5.19. The highest BCUT2D eigenvalue weighted by Gasteiger charge is 2.26. The summed E-state index contributed by atoms with van der Waals surface area (Å²) >= 11 is 0. The Balaban J connectivity index is 1.70. The van der Waals surface area contributed by atoms with Gasteiger partial charge in [-0.25, -0.2) is 4.98 Å². The van der Waals surface area contributed by atoms with E-state index in [2.05, 4.69) is 16.9 Å². The molecule has 4 nitrogen and oxygen atoms in total. The van der Waals surface area contributed by atoms with Crippen LogP contribution in [0.25, 0.3) is 0 Å². The van der Waals surface area contributed by atoms with Crippen LogP contribution < -0.4 is 5.73 Å². The van der Waals surface area contributed by atoms with Gasteiger partial charge in [0.15, 0.2) is 0 Å². The first-order valence-electron chi connectivity index (χ1n) is 8.77. The van der Waals surface area contributed by atoms with Crippen molar-refractivity contribution in [3.8, 4) is 0 Å². The zero-order chi connectivity index (χ0) is 14.7. The van der Waals surface area contributed by atoms with E-state index in [0.29, 0.717) is 17.8 Å². The Labute approximate surface area is 128 Å². The second-order valence-electron chi connectivity index (χ2n) is 6.90. The van der Waals surface area contributed by atoms with Crippen molar-refractivity contribution in [3.63, 3.8) is 0 Å². The molecule has 2 N–H and O–H groups in total. The molecule has 2 saturated carbocycles. The van der Waals surface area contributed by atoms with Crippen molar-refractivity contribution in [1.29, 1.82) is 0 Å². The van der Waals surface area contributed by atoms with E-state index in [4.69, 9.17) is 10.7 Å². The Morgan fingerprint density at radius 3 is 2.00 bits per heavy atom. The van der Waals surface area contributed by atoms with E-state index in [1.807, 2.05) is 0 Å². The van der Waals surface area contributed by atoms with Gasteiger partial charge in [0.25, 0.3) is 0 Å². The van der Waals surface area contributed by atoms with Gasteiger partial charge in [-0.2, -0.15) is 9.97 Å². The molecule has 0 aromatic carbocycles. The normalized spacial score (nSPS) is 27.1. The molecule has 0 unspecified atom stereocenters. The summed E-state index contributed by atoms with van der Waals surface area (Å²) < 4.78 is 0. The molecule has 2 aliphatic carbocycles. The predicted octanol–water partition coefficient (Wildman–Crippen LogP) is 4.19. The summed E-state index contributed by atoms with van der Waals surface area (Å²) in [5.41, 5.74) is 5.95. The van der Waals surface area contributed by atoms with Gasteiger partial charge in [-0.05, 0) is 44.4 Å². The Bertz CT molecular complexity index is 460. The molecule has 1 aromatic heterocycles. The number of aromatic nitrogens is 3. The van der Waals surface area contributed by atoms with E-state index in [0.717, 1.165) is 17.6 Å². The Kier molecular flexibility index (Phi) is 4.71. The first-order chi connectivity index (χ1) is 10.3. The minimum Gasteiger partial charge on any atom is -0.368 e. The fourth-order valence-electron chi connectivity index (χ4n) is 4.09. The number of hydrogen-bond donors (Lipinski definition) is 1. The summed E-state index contributed by atoms with van der Waals surface area (Å²) in [7, 11) is 0. The molecule has 1 heterocycles. The number of anilines is 1. The van der Waals surface area contributed by atoms with Crippen molar-refractivity contribution in [3.05, 3.63) is 11.6 Å². The molecule has 0 saturated heterocycles. The van der Waals surface area contributed by atoms with Gasteiger partial charge < -0.3 is 5.73 Å². The van der Waals surface area contributed by atoms with Crippen LogP contribution in [0.4, 0.5) is 5.95 Å². The minimum absolute atomic E-state index is 0.428. The number of nitrogens with zero attached hydrogens (tertiary/aromatic N) is 3. The van der Waals surface area contributed by atoms with E-state index in [1.165, 1.54) is 64.2 Å². The van der Waals surface area contributed by atoms with Crippen LogP contribution >= 0.6 is 0 Å². The van der Waals surface area contributed by atoms with Crippen molar-refractivity contribution in [2.45, 2.75) is 83.0 Å². The maximum atomic E-state index is 5.95. The van der Waals surface area contributed by atoms with E-state index in [1.54, 1.807) is 0 Å². The van der Waals surface area contributed by atoms with Gasteiger partial charge in [0.05, 0.1) is 0 Å². The minimum atomic E-state index is 0.428. The third kappa shape index (κ3) is 3.53. The second-order valence-corrected chi connectivity index (χ2v) is 6.90. The summed E-state index contributed by atoms with van der Waals surface area (Å²) in [6.07, 6.45) is 12.8. The smallest absolute Gasteiger partial charge is 0.223 e. The molecular formula is C17H28N4. The average Bonchev–Trinajstić information content (AvgIpc) is 3.02. The van der Waals surface area contributed by atoms with Crippen LogP contribution in [0.15, 0.2) is 0 Å². The van der Waals surface area contributed by atoms with Crippen LogP contribution in [0.5, 0.6) is 0 Å². The fourth-order valence-corrected chi connectivity index (χ4v) is 4.09. The van der Waals surface area contributed by atoms with Crippen molar-refractivity contribution in [1.82, 2.24) is 15.0 Å². The number of nitrogens with two attached hydrogens (primary N) is 1. The Hall–Kier alpha value is -1.19. The van der Waals surface area contributed by atoms with Gasteiger partial charge in [-0.1, -0.05) is 32.6 Å². The summed E-state index contributed by atoms with van der Waals surface area (Å²) in [5.74, 6) is 4.30. The van der Waals surface area contributed by atoms with Gasteiger partial charge in [0.1, 0.15) is 11.6 Å². The summed E-state index contributed by atoms with van der Waals surface area (Å²) in [5, 5.41) is 0. The maximum absolute atomic E-state index is 5.95. The quantitative estimate of drug-likeness (QED) is 0.902. The predicted molar refractivity (Wildman–Crippen MR) is 85.1 cm³/mol. The molecule has 0 atom stereocenters. The molecule has 21 heavy (non-hydrogen) atoms. The highest BCUT2D eigenvalue weighted by Crippen LogP contribution is 2.37. The van der Waals surface area contributed by atoms with Crippen LogP contribution in [-0.4, -0.2) is 15.0 Å². The largest absolute Gasteiger partial charge is 0.368 e. The van der Waals surface area contributed by atoms with E-state index in [9.17, 15) is 0 Å². The molecule has 0 bridgehead atoms. The van der Waals surface area contributed by atoms with Gasteiger partial charge >= 0.3 is 0 Å². The molecular weight excluding hydrogens is 260 g/mol. The number of rotatable bonds is 4. The van der Waals surface area contributed by atoms with Gasteiger partial charge in [0.2, 0.25) is 5.95 Å². The monoisotopic (exact) mass is 288 g/mol. The van der Waals surface area contributed by atoms with Crippen LogP contribution in [0.1, 0.15) is 94.6 Å². The zero-order valence-electron chi connectivity index (χ0n) is 13.2. The molecule has 1 aromatic rings. The van der Waals surface area contributed by atoms with Gasteiger partial charge in [0, 0.05) is 11.8 Å². The lowest BCUT2D eigenvalue weighted by Gasteiger charge is -2.27. The van der Waals surface area contributed by atoms with Crippen LogP contribution in [-0.2, 0) is 0 Å². The van der Waals surface area contributed by atoms with Crippen molar-refractivity contribution in [2.75, 3.05) is 5.73 Å². The van der Waals surface area contributed by atoms with Crippen LogP contribution in [0.2, 0.25) is 0 Å². The summed E-state index contributed by atoms with van der Waals surface area (Å²) in [6.45, 7) is 2.28. The third-order valence-corrected chi connectivity index (χ3v) is 5.32. The lowest BCUT2D eigenvalue weighted by Crippen LogP contribution is -2.18. The molecule has 2 fully saturated rings. The van der Waals surface area contributed by atoms with E-state index < -0.39 is 0 Å². The summed E-state index contributed by atoms with van der Waals surface area (Å²) in [6, 6.07) is 0. The summed E-state index contributed by atoms with van der Waals surface area (Å²) in [4.78, 5) is 13.7. The topological polar surface area (TPSA) is 64.7 Å². The molecule has 0 spiro atoms. The number of nitrogen functional groups attached to an aromatic ring is 1. The molecule has 116 valence electrons. The first-order valence-corrected chi connectivity index (χ1v) is 8.77. The SMILES string of the molecule is CCCC1CCC(c2nc(N)nc(C3CCCC3)n2)CC1. The maximum Gasteiger partial charge on any atom is 0.223 e.